The maximum absolute atomic E-state index is 6.35. The predicted molar refractivity (Wildman–Crippen MR) is 88.3 cm³/mol. The van der Waals surface area contributed by atoms with Gasteiger partial charge in [0.25, 0.3) is 0 Å². The summed E-state index contributed by atoms with van der Waals surface area (Å²) in [6.07, 6.45) is 9.08. The van der Waals surface area contributed by atoms with Crippen LogP contribution in [0.4, 0.5) is 0 Å². The van der Waals surface area contributed by atoms with Gasteiger partial charge in [-0.2, -0.15) is 0 Å². The Morgan fingerprint density at radius 3 is 2.52 bits per heavy atom. The maximum atomic E-state index is 6.35. The SMILES string of the molecule is CCCC[C@H](CC)OC(OCOCCOC)C12CCC(CC1)O2. The molecule has 0 aromatic heterocycles. The van der Waals surface area contributed by atoms with Gasteiger partial charge in [0.15, 0.2) is 6.29 Å². The van der Waals surface area contributed by atoms with Crippen LogP contribution in [0.5, 0.6) is 0 Å². The molecule has 0 saturated carbocycles. The third kappa shape index (κ3) is 5.40. The Labute approximate surface area is 140 Å². The molecule has 136 valence electrons. The van der Waals surface area contributed by atoms with Crippen LogP contribution in [0.1, 0.15) is 65.2 Å². The molecule has 0 aromatic rings. The number of rotatable bonds is 13. The van der Waals surface area contributed by atoms with E-state index in [1.165, 1.54) is 12.8 Å². The van der Waals surface area contributed by atoms with Crippen LogP contribution in [0.25, 0.3) is 0 Å². The fourth-order valence-electron chi connectivity index (χ4n) is 3.54. The molecule has 0 N–H and O–H groups in total. The monoisotopic (exact) mass is 330 g/mol. The maximum Gasteiger partial charge on any atom is 0.189 e. The third-order valence-electron chi connectivity index (χ3n) is 5.00. The van der Waals surface area contributed by atoms with Gasteiger partial charge in [-0.1, -0.05) is 26.7 Å². The van der Waals surface area contributed by atoms with Gasteiger partial charge in [0.05, 0.1) is 25.4 Å². The van der Waals surface area contributed by atoms with Crippen molar-refractivity contribution in [2.24, 2.45) is 0 Å². The molecule has 0 aromatic carbocycles. The molecular formula is C18H34O5. The van der Waals surface area contributed by atoms with Crippen LogP contribution in [0.3, 0.4) is 0 Å². The highest BCUT2D eigenvalue weighted by Gasteiger charge is 2.53. The van der Waals surface area contributed by atoms with Gasteiger partial charge in [-0.25, -0.2) is 0 Å². The summed E-state index contributed by atoms with van der Waals surface area (Å²) in [5.74, 6) is 0. The smallest absolute Gasteiger partial charge is 0.189 e. The van der Waals surface area contributed by atoms with Gasteiger partial charge < -0.3 is 23.7 Å². The molecule has 5 nitrogen and oxygen atoms in total. The van der Waals surface area contributed by atoms with Gasteiger partial charge in [0.1, 0.15) is 12.4 Å². The molecule has 2 bridgehead atoms. The van der Waals surface area contributed by atoms with E-state index in [1.54, 1.807) is 7.11 Å². The summed E-state index contributed by atoms with van der Waals surface area (Å²) in [6, 6.07) is 0. The quantitative estimate of drug-likeness (QED) is 0.381. The lowest BCUT2D eigenvalue weighted by atomic mass is 9.88. The minimum atomic E-state index is -0.320. The molecule has 2 saturated heterocycles. The van der Waals surface area contributed by atoms with Crippen molar-refractivity contribution in [1.29, 1.82) is 0 Å². The summed E-state index contributed by atoms with van der Waals surface area (Å²) in [4.78, 5) is 0. The Balaban J connectivity index is 1.88. The van der Waals surface area contributed by atoms with Crippen molar-refractivity contribution < 1.29 is 23.7 Å². The van der Waals surface area contributed by atoms with Crippen LogP contribution < -0.4 is 0 Å². The zero-order valence-corrected chi connectivity index (χ0v) is 15.1. The zero-order chi connectivity index (χ0) is 16.5. The van der Waals surface area contributed by atoms with Gasteiger partial charge in [-0.05, 0) is 38.5 Å². The average molecular weight is 330 g/mol. The molecule has 2 rings (SSSR count). The van der Waals surface area contributed by atoms with Crippen molar-refractivity contribution in [3.05, 3.63) is 0 Å². The van der Waals surface area contributed by atoms with E-state index in [1.807, 2.05) is 0 Å². The lowest BCUT2D eigenvalue weighted by Gasteiger charge is -2.36. The molecule has 2 heterocycles. The molecule has 0 spiro atoms. The molecule has 23 heavy (non-hydrogen) atoms. The van der Waals surface area contributed by atoms with Crippen LogP contribution in [0.15, 0.2) is 0 Å². The first-order valence-electron chi connectivity index (χ1n) is 9.25. The van der Waals surface area contributed by atoms with Crippen LogP contribution in [0.2, 0.25) is 0 Å². The van der Waals surface area contributed by atoms with Gasteiger partial charge in [0, 0.05) is 7.11 Å². The largest absolute Gasteiger partial charge is 0.382 e. The molecule has 5 heteroatoms. The second-order valence-electron chi connectivity index (χ2n) is 6.71. The van der Waals surface area contributed by atoms with Crippen molar-refractivity contribution in [2.45, 2.75) is 89.3 Å². The summed E-state index contributed by atoms with van der Waals surface area (Å²) in [5, 5.41) is 0. The number of fused-ring (bicyclic) bond motifs is 2. The van der Waals surface area contributed by atoms with Crippen molar-refractivity contribution in [3.63, 3.8) is 0 Å². The molecule has 0 radical (unpaired) electrons. The summed E-state index contributed by atoms with van der Waals surface area (Å²) in [5.41, 5.74) is -0.255. The van der Waals surface area contributed by atoms with Gasteiger partial charge in [-0.15, -0.1) is 0 Å². The number of ether oxygens (including phenoxy) is 5. The van der Waals surface area contributed by atoms with E-state index in [0.717, 1.165) is 38.5 Å². The first-order valence-corrected chi connectivity index (χ1v) is 9.25. The van der Waals surface area contributed by atoms with Crippen molar-refractivity contribution in [2.75, 3.05) is 27.1 Å². The molecule has 2 fully saturated rings. The van der Waals surface area contributed by atoms with E-state index in [-0.39, 0.29) is 24.8 Å². The predicted octanol–water partition coefficient (Wildman–Crippen LogP) is 3.65. The van der Waals surface area contributed by atoms with Crippen LogP contribution in [-0.2, 0) is 23.7 Å². The minimum Gasteiger partial charge on any atom is -0.382 e. The molecule has 2 aliphatic rings. The van der Waals surface area contributed by atoms with Crippen LogP contribution >= 0.6 is 0 Å². The molecular weight excluding hydrogens is 296 g/mol. The fraction of sp³-hybridized carbons (Fsp3) is 1.00. The Morgan fingerprint density at radius 2 is 1.96 bits per heavy atom. The second-order valence-corrected chi connectivity index (χ2v) is 6.71. The fourth-order valence-corrected chi connectivity index (χ4v) is 3.54. The van der Waals surface area contributed by atoms with Crippen molar-refractivity contribution in [3.8, 4) is 0 Å². The van der Waals surface area contributed by atoms with E-state index < -0.39 is 0 Å². The minimum absolute atomic E-state index is 0.230. The molecule has 0 amide bonds. The highest BCUT2D eigenvalue weighted by atomic mass is 16.8. The number of hydrogen-bond acceptors (Lipinski definition) is 5. The Hall–Kier alpha value is -0.200. The van der Waals surface area contributed by atoms with E-state index >= 15 is 0 Å². The summed E-state index contributed by atoms with van der Waals surface area (Å²) >= 11 is 0. The third-order valence-corrected chi connectivity index (χ3v) is 5.00. The highest BCUT2D eigenvalue weighted by molar-refractivity contribution is 4.98. The second kappa shape index (κ2) is 9.94. The summed E-state index contributed by atoms with van der Waals surface area (Å²) in [7, 11) is 1.67. The highest BCUT2D eigenvalue weighted by Crippen LogP contribution is 2.47. The Kier molecular flexibility index (Phi) is 8.27. The van der Waals surface area contributed by atoms with E-state index in [2.05, 4.69) is 13.8 Å². The first-order chi connectivity index (χ1) is 11.2. The Bertz CT molecular complexity index is 315. The van der Waals surface area contributed by atoms with Gasteiger partial charge >= 0.3 is 0 Å². The first kappa shape index (κ1) is 19.1. The van der Waals surface area contributed by atoms with E-state index in [0.29, 0.717) is 19.3 Å². The van der Waals surface area contributed by atoms with Crippen molar-refractivity contribution >= 4 is 0 Å². The molecule has 1 unspecified atom stereocenters. The summed E-state index contributed by atoms with van der Waals surface area (Å²) in [6.45, 7) is 5.73. The number of hydrogen-bond donors (Lipinski definition) is 0. The van der Waals surface area contributed by atoms with Crippen molar-refractivity contribution in [1.82, 2.24) is 0 Å². The van der Waals surface area contributed by atoms with Gasteiger partial charge in [0.2, 0.25) is 0 Å². The number of unbranched alkanes of at least 4 members (excludes halogenated alkanes) is 1. The lowest BCUT2D eigenvalue weighted by Crippen LogP contribution is -2.45. The standard InChI is InChI=1S/C18H34O5/c1-4-6-7-15(5-2)22-17(21-14-20-13-12-19-3)18-10-8-16(23-18)9-11-18/h15-17H,4-14H2,1-3H3/t15-,16?,17?,18?/m0/s1. The topological polar surface area (TPSA) is 46.2 Å². The normalized spacial score (nSPS) is 29.1. The van der Waals surface area contributed by atoms with Crippen LogP contribution in [-0.4, -0.2) is 51.2 Å². The number of methoxy groups -OCH3 is 1. The summed E-state index contributed by atoms with van der Waals surface area (Å²) < 4.78 is 29.0. The van der Waals surface area contributed by atoms with E-state index in [4.69, 9.17) is 23.7 Å². The average Bonchev–Trinajstić information content (AvgIpc) is 3.18. The molecule has 2 aliphatic heterocycles. The molecule has 0 aliphatic carbocycles. The lowest BCUT2D eigenvalue weighted by molar-refractivity contribution is -0.280. The molecule has 2 atom stereocenters. The van der Waals surface area contributed by atoms with Gasteiger partial charge in [-0.3, -0.25) is 0 Å². The zero-order valence-electron chi connectivity index (χ0n) is 15.1. The van der Waals surface area contributed by atoms with Crippen LogP contribution in [0, 0.1) is 0 Å². The Morgan fingerprint density at radius 1 is 1.17 bits per heavy atom. The van der Waals surface area contributed by atoms with E-state index in [9.17, 15) is 0 Å².